The smallest absolute Gasteiger partial charge is 1.00 e. The predicted octanol–water partition coefficient (Wildman–Crippen LogP) is -5.99. The van der Waals surface area contributed by atoms with Gasteiger partial charge in [-0.2, -0.15) is 0 Å². The molecule has 0 saturated carbocycles. The molecule has 1 aromatic rings. The Morgan fingerprint density at radius 3 is 1.90 bits per heavy atom. The predicted molar refractivity (Wildman–Crippen MR) is 27.0 cm³/mol. The Morgan fingerprint density at radius 1 is 1.30 bits per heavy atom. The summed E-state index contributed by atoms with van der Waals surface area (Å²) < 4.78 is 1.94. The van der Waals surface area contributed by atoms with E-state index in [-0.39, 0.29) is 52.0 Å². The summed E-state index contributed by atoms with van der Waals surface area (Å²) in [5.41, 5.74) is 0. The third kappa shape index (κ3) is 8.44. The van der Waals surface area contributed by atoms with E-state index in [1.807, 2.05) is 30.3 Å². The van der Waals surface area contributed by atoms with Crippen LogP contribution in [0.25, 0.3) is 0 Å². The molecule has 0 spiro atoms. The average Bonchev–Trinajstić information content (AvgIpc) is 1.86. The van der Waals surface area contributed by atoms with Crippen molar-refractivity contribution < 1.29 is 50.4 Å². The molecule has 1 aromatic heterocycles. The van der Waals surface area contributed by atoms with Gasteiger partial charge in [0.15, 0.2) is 0 Å². The van der Waals surface area contributed by atoms with Crippen LogP contribution >= 0.6 is 0 Å². The zero-order valence-corrected chi connectivity index (χ0v) is 9.24. The van der Waals surface area contributed by atoms with Crippen LogP contribution in [0.4, 0.5) is 0 Å². The molecule has 3 nitrogen and oxygen atoms in total. The first-order chi connectivity index (χ1) is 2.89. The zero-order valence-electron chi connectivity index (χ0n) is 5.46. The van der Waals surface area contributed by atoms with Gasteiger partial charge in [0.2, 0.25) is 6.33 Å². The summed E-state index contributed by atoms with van der Waals surface area (Å²) in [5.74, 6) is 0. The second-order valence-electron chi connectivity index (χ2n) is 1.28. The van der Waals surface area contributed by atoms with Crippen molar-refractivity contribution in [1.82, 2.24) is 11.1 Å². The van der Waals surface area contributed by atoms with Crippen molar-refractivity contribution in [1.29, 1.82) is 0 Å². The SMILES string of the molecule is C[n+]1cc[nH]c1.N.[Cl-].[Cl-].[Pt+2]. The Labute approximate surface area is 87.3 Å². The first-order valence-corrected chi connectivity index (χ1v) is 1.87. The molecule has 0 aliphatic rings. The number of hydrogen-bond acceptors (Lipinski definition) is 1. The molecule has 0 bridgehead atoms. The molecular weight excluding hydrogens is 356 g/mol. The van der Waals surface area contributed by atoms with Gasteiger partial charge in [-0.05, 0) is 0 Å². The molecule has 0 aromatic carbocycles. The van der Waals surface area contributed by atoms with Crippen molar-refractivity contribution in [3.05, 3.63) is 18.7 Å². The minimum Gasteiger partial charge on any atom is -1.00 e. The first kappa shape index (κ1) is 22.4. The zero-order chi connectivity index (χ0) is 4.41. The quantitative estimate of drug-likeness (QED) is 0.442. The van der Waals surface area contributed by atoms with Crippen molar-refractivity contribution in [2.24, 2.45) is 7.05 Å². The van der Waals surface area contributed by atoms with Gasteiger partial charge in [-0.1, -0.05) is 0 Å². The standard InChI is InChI=1S/C4H6N2.2ClH.H3N.Pt/c1-6-3-2-5-4-6;;;;/h2-4H,1H3;2*1H;1H3;/q;;;;+2/p-1. The van der Waals surface area contributed by atoms with E-state index in [2.05, 4.69) is 4.98 Å². The normalized spacial score (nSPS) is 5.30. The van der Waals surface area contributed by atoms with E-state index in [0.29, 0.717) is 0 Å². The number of rotatable bonds is 0. The summed E-state index contributed by atoms with van der Waals surface area (Å²) in [6.45, 7) is 0. The van der Waals surface area contributed by atoms with Gasteiger partial charge in [0.05, 0.1) is 7.05 Å². The number of halogens is 2. The fourth-order valence-corrected chi connectivity index (χ4v) is 0.364. The van der Waals surface area contributed by atoms with Crippen molar-refractivity contribution in [2.75, 3.05) is 0 Å². The van der Waals surface area contributed by atoms with E-state index in [9.17, 15) is 0 Å². The molecule has 0 saturated heterocycles. The van der Waals surface area contributed by atoms with Crippen LogP contribution in [0.15, 0.2) is 18.7 Å². The third-order valence-corrected chi connectivity index (χ3v) is 0.684. The number of aryl methyl sites for hydroxylation is 1. The number of hydrogen-bond donors (Lipinski definition) is 2. The number of imidazole rings is 1. The summed E-state index contributed by atoms with van der Waals surface area (Å²) in [6, 6.07) is 0. The first-order valence-electron chi connectivity index (χ1n) is 1.87. The molecule has 1 heterocycles. The number of aromatic amines is 1. The molecule has 0 aliphatic carbocycles. The van der Waals surface area contributed by atoms with E-state index in [0.717, 1.165) is 0 Å². The summed E-state index contributed by atoms with van der Waals surface area (Å²) in [4.78, 5) is 2.89. The maximum atomic E-state index is 2.89. The van der Waals surface area contributed by atoms with E-state index < -0.39 is 0 Å². The molecular formula is C4H10Cl2N3Pt+. The number of nitrogens with one attached hydrogen (secondary N) is 1. The monoisotopic (exact) mass is 365 g/mol. The van der Waals surface area contributed by atoms with Gasteiger partial charge in [0.25, 0.3) is 0 Å². The molecule has 0 fully saturated rings. The van der Waals surface area contributed by atoms with Gasteiger partial charge in [-0.15, -0.1) is 0 Å². The van der Waals surface area contributed by atoms with Crippen LogP contribution in [0.1, 0.15) is 0 Å². The summed E-state index contributed by atoms with van der Waals surface area (Å²) in [7, 11) is 1.97. The van der Waals surface area contributed by atoms with E-state index in [1.54, 1.807) is 0 Å². The van der Waals surface area contributed by atoms with Crippen LogP contribution in [-0.2, 0) is 28.1 Å². The van der Waals surface area contributed by atoms with Crippen molar-refractivity contribution in [2.45, 2.75) is 0 Å². The largest absolute Gasteiger partial charge is 2.00 e. The van der Waals surface area contributed by atoms with E-state index >= 15 is 0 Å². The molecule has 6 heteroatoms. The third-order valence-electron chi connectivity index (χ3n) is 0.684. The molecule has 0 atom stereocenters. The van der Waals surface area contributed by atoms with Gasteiger partial charge >= 0.3 is 21.1 Å². The Morgan fingerprint density at radius 2 is 1.80 bits per heavy atom. The van der Waals surface area contributed by atoms with Crippen LogP contribution in [0, 0.1) is 0 Å². The summed E-state index contributed by atoms with van der Waals surface area (Å²) >= 11 is 0. The van der Waals surface area contributed by atoms with E-state index in [4.69, 9.17) is 0 Å². The Bertz CT molecular complexity index is 122. The van der Waals surface area contributed by atoms with Gasteiger partial charge in [-0.3, -0.25) is 4.98 Å². The molecule has 0 radical (unpaired) electrons. The van der Waals surface area contributed by atoms with Gasteiger partial charge in [0.1, 0.15) is 12.4 Å². The second-order valence-corrected chi connectivity index (χ2v) is 1.28. The average molecular weight is 366 g/mol. The van der Waals surface area contributed by atoms with Crippen molar-refractivity contribution >= 4 is 0 Å². The molecule has 0 amide bonds. The molecule has 0 unspecified atom stereocenters. The van der Waals surface area contributed by atoms with Crippen molar-refractivity contribution in [3.63, 3.8) is 0 Å². The number of nitrogens with zero attached hydrogens (tertiary/aromatic N) is 1. The minimum atomic E-state index is 0. The Hall–Kier alpha value is 0.438. The topological polar surface area (TPSA) is 54.7 Å². The van der Waals surface area contributed by atoms with Crippen LogP contribution < -0.4 is 35.5 Å². The molecule has 64 valence electrons. The molecule has 4 N–H and O–H groups in total. The maximum Gasteiger partial charge on any atom is 2.00 e. The Balaban J connectivity index is -0.0000000450. The van der Waals surface area contributed by atoms with Crippen LogP contribution in [0.3, 0.4) is 0 Å². The van der Waals surface area contributed by atoms with Crippen molar-refractivity contribution in [3.8, 4) is 0 Å². The molecule has 1 rings (SSSR count). The summed E-state index contributed by atoms with van der Waals surface area (Å²) in [6.07, 6.45) is 5.69. The fraction of sp³-hybridized carbons (Fsp3) is 0.250. The van der Waals surface area contributed by atoms with Gasteiger partial charge in [0, 0.05) is 0 Å². The fourth-order valence-electron chi connectivity index (χ4n) is 0.364. The maximum absolute atomic E-state index is 2.89. The number of H-pyrrole nitrogens is 1. The molecule has 0 aliphatic heterocycles. The molecule has 10 heavy (non-hydrogen) atoms. The van der Waals surface area contributed by atoms with Crippen LogP contribution in [-0.4, -0.2) is 4.98 Å². The minimum absolute atomic E-state index is 0. The van der Waals surface area contributed by atoms with E-state index in [1.165, 1.54) is 0 Å². The van der Waals surface area contributed by atoms with Crippen LogP contribution in [0.5, 0.6) is 0 Å². The van der Waals surface area contributed by atoms with Gasteiger partial charge < -0.3 is 31.0 Å². The Kier molecular flexibility index (Phi) is 27.2. The number of aromatic nitrogens is 2. The summed E-state index contributed by atoms with van der Waals surface area (Å²) in [5, 5.41) is 0. The van der Waals surface area contributed by atoms with Crippen LogP contribution in [0.2, 0.25) is 0 Å². The van der Waals surface area contributed by atoms with Gasteiger partial charge in [-0.25, -0.2) is 4.57 Å². The second kappa shape index (κ2) is 12.1.